The van der Waals surface area contributed by atoms with Gasteiger partial charge in [-0.3, -0.25) is 9.59 Å². The van der Waals surface area contributed by atoms with E-state index in [4.69, 9.17) is 4.74 Å². The molecule has 6 nitrogen and oxygen atoms in total. The number of pyridine rings is 1. The zero-order valence-electron chi connectivity index (χ0n) is 15.4. The largest absolute Gasteiger partial charge is 0.497 e. The van der Waals surface area contributed by atoms with Crippen molar-refractivity contribution in [3.8, 4) is 5.75 Å². The van der Waals surface area contributed by atoms with Crippen LogP contribution in [0.4, 0.5) is 0 Å². The molecule has 0 fully saturated rings. The van der Waals surface area contributed by atoms with E-state index in [0.717, 1.165) is 11.3 Å². The molecular formula is C22H20N3O3+. The number of carbonyl (C=O) groups excluding carboxylic acids is 2. The number of carbonyl (C=O) groups is 2. The van der Waals surface area contributed by atoms with Crippen LogP contribution in [0.2, 0.25) is 0 Å². The Morgan fingerprint density at radius 2 is 1.71 bits per heavy atom. The minimum Gasteiger partial charge on any atom is -0.497 e. The first-order valence-corrected chi connectivity index (χ1v) is 8.70. The Morgan fingerprint density at radius 3 is 2.43 bits per heavy atom. The number of aromatic nitrogens is 1. The van der Waals surface area contributed by atoms with E-state index in [2.05, 4.69) is 10.5 Å². The van der Waals surface area contributed by atoms with Gasteiger partial charge in [0.2, 0.25) is 12.3 Å². The average molecular weight is 374 g/mol. The molecule has 0 aliphatic heterocycles. The predicted molar refractivity (Wildman–Crippen MR) is 105 cm³/mol. The molecule has 3 rings (SSSR count). The first-order valence-electron chi connectivity index (χ1n) is 8.70. The van der Waals surface area contributed by atoms with E-state index in [1.54, 1.807) is 54.6 Å². The molecule has 1 aromatic heterocycles. The van der Waals surface area contributed by atoms with Crippen LogP contribution in [0.25, 0.3) is 0 Å². The Balaban J connectivity index is 1.61. The molecule has 0 unspecified atom stereocenters. The highest BCUT2D eigenvalue weighted by Gasteiger charge is 2.14. The fourth-order valence-corrected chi connectivity index (χ4v) is 2.56. The fourth-order valence-electron chi connectivity index (χ4n) is 2.56. The van der Waals surface area contributed by atoms with Gasteiger partial charge in [0.15, 0.2) is 12.4 Å². The van der Waals surface area contributed by atoms with Gasteiger partial charge in [-0.1, -0.05) is 30.3 Å². The van der Waals surface area contributed by atoms with Crippen molar-refractivity contribution in [2.75, 3.05) is 7.11 Å². The third kappa shape index (κ3) is 5.11. The zero-order chi connectivity index (χ0) is 19.8. The smallest absolute Gasteiger partial charge is 0.277 e. The highest BCUT2D eigenvalue weighted by atomic mass is 16.5. The van der Waals surface area contributed by atoms with E-state index < -0.39 is 0 Å². The topological polar surface area (TPSA) is 71.6 Å². The van der Waals surface area contributed by atoms with E-state index >= 15 is 0 Å². The molecule has 0 saturated carbocycles. The molecule has 0 atom stereocenters. The molecule has 3 aromatic rings. The number of hydrogen-bond acceptors (Lipinski definition) is 4. The molecule has 1 amide bonds. The number of hydrazone groups is 1. The number of ether oxygens (including phenoxy) is 1. The summed E-state index contributed by atoms with van der Waals surface area (Å²) in [6.45, 7) is 0.153. The minimum absolute atomic E-state index is 0.0271. The number of ketones is 1. The SMILES string of the molecule is COc1ccc(C=NNC(=O)c2ccc[n+](CC(=O)c3ccccc3)c2)cc1. The summed E-state index contributed by atoms with van der Waals surface area (Å²) < 4.78 is 6.77. The molecule has 140 valence electrons. The quantitative estimate of drug-likeness (QED) is 0.299. The van der Waals surface area contributed by atoms with Crippen LogP contribution < -0.4 is 14.7 Å². The van der Waals surface area contributed by atoms with E-state index in [-0.39, 0.29) is 18.2 Å². The molecule has 0 aliphatic carbocycles. The number of rotatable bonds is 7. The normalized spacial score (nSPS) is 10.6. The van der Waals surface area contributed by atoms with Crippen LogP contribution in [-0.2, 0) is 6.54 Å². The number of methoxy groups -OCH3 is 1. The Bertz CT molecular complexity index is 983. The molecule has 0 saturated heterocycles. The highest BCUT2D eigenvalue weighted by molar-refractivity contribution is 5.95. The van der Waals surface area contributed by atoms with Crippen molar-refractivity contribution in [1.82, 2.24) is 5.43 Å². The summed E-state index contributed by atoms with van der Waals surface area (Å²) in [6.07, 6.45) is 4.92. The van der Waals surface area contributed by atoms with Crippen molar-refractivity contribution in [3.63, 3.8) is 0 Å². The Morgan fingerprint density at radius 1 is 1.00 bits per heavy atom. The van der Waals surface area contributed by atoms with Gasteiger partial charge in [-0.2, -0.15) is 9.67 Å². The van der Waals surface area contributed by atoms with E-state index in [9.17, 15) is 9.59 Å². The molecule has 1 N–H and O–H groups in total. The number of Topliss-reactive ketones (excluding diaryl/α,β-unsaturated/α-hetero) is 1. The lowest BCUT2D eigenvalue weighted by Crippen LogP contribution is -2.38. The first-order chi connectivity index (χ1) is 13.7. The average Bonchev–Trinajstić information content (AvgIpc) is 2.75. The molecule has 1 heterocycles. The van der Waals surface area contributed by atoms with Gasteiger partial charge < -0.3 is 4.74 Å². The first kappa shape index (κ1) is 19.0. The van der Waals surface area contributed by atoms with Crippen LogP contribution in [-0.4, -0.2) is 25.0 Å². The van der Waals surface area contributed by atoms with Gasteiger partial charge in [0, 0.05) is 11.6 Å². The second-order valence-electron chi connectivity index (χ2n) is 6.03. The summed E-state index contributed by atoms with van der Waals surface area (Å²) in [5, 5.41) is 3.97. The summed E-state index contributed by atoms with van der Waals surface area (Å²) >= 11 is 0. The lowest BCUT2D eigenvalue weighted by atomic mass is 10.1. The maximum absolute atomic E-state index is 12.3. The van der Waals surface area contributed by atoms with Gasteiger partial charge >= 0.3 is 0 Å². The van der Waals surface area contributed by atoms with E-state index in [1.165, 1.54) is 0 Å². The summed E-state index contributed by atoms with van der Waals surface area (Å²) in [7, 11) is 1.60. The number of amides is 1. The summed E-state index contributed by atoms with van der Waals surface area (Å²) in [6, 6.07) is 19.7. The highest BCUT2D eigenvalue weighted by Crippen LogP contribution is 2.09. The van der Waals surface area contributed by atoms with Crippen LogP contribution in [0.3, 0.4) is 0 Å². The van der Waals surface area contributed by atoms with E-state index in [1.807, 2.05) is 42.5 Å². The predicted octanol–water partition coefficient (Wildman–Crippen LogP) is 2.63. The Hall–Kier alpha value is -3.80. The van der Waals surface area contributed by atoms with Crippen molar-refractivity contribution < 1.29 is 18.9 Å². The summed E-state index contributed by atoms with van der Waals surface area (Å²) in [5.41, 5.74) is 4.37. The van der Waals surface area contributed by atoms with Crippen LogP contribution in [0, 0.1) is 0 Å². The number of nitrogens with one attached hydrogen (secondary N) is 1. The molecule has 0 bridgehead atoms. The van der Waals surface area contributed by atoms with Crippen LogP contribution in [0.15, 0.2) is 84.2 Å². The molecule has 0 aliphatic rings. The lowest BCUT2D eigenvalue weighted by molar-refractivity contribution is -0.683. The van der Waals surface area contributed by atoms with Crippen molar-refractivity contribution in [3.05, 3.63) is 95.8 Å². The maximum Gasteiger partial charge on any atom is 0.277 e. The van der Waals surface area contributed by atoms with Gasteiger partial charge in [-0.25, -0.2) is 5.43 Å². The van der Waals surface area contributed by atoms with Crippen LogP contribution in [0.1, 0.15) is 26.3 Å². The second kappa shape index (κ2) is 9.23. The molecular weight excluding hydrogens is 354 g/mol. The van der Waals surface area contributed by atoms with E-state index in [0.29, 0.717) is 11.1 Å². The van der Waals surface area contributed by atoms with Crippen LogP contribution >= 0.6 is 0 Å². The monoisotopic (exact) mass is 374 g/mol. The summed E-state index contributed by atoms with van der Waals surface area (Å²) in [4.78, 5) is 24.6. The minimum atomic E-state index is -0.355. The fraction of sp³-hybridized carbons (Fsp3) is 0.0909. The van der Waals surface area contributed by atoms with Gasteiger partial charge in [0.05, 0.1) is 13.3 Å². The van der Waals surface area contributed by atoms with Gasteiger partial charge in [-0.15, -0.1) is 0 Å². The van der Waals surface area contributed by atoms with Gasteiger partial charge in [0.25, 0.3) is 5.91 Å². The molecule has 2 aromatic carbocycles. The van der Waals surface area contributed by atoms with Crippen molar-refractivity contribution >= 4 is 17.9 Å². The molecule has 6 heteroatoms. The van der Waals surface area contributed by atoms with Crippen LogP contribution in [0.5, 0.6) is 5.75 Å². The lowest BCUT2D eigenvalue weighted by Gasteiger charge is -2.01. The van der Waals surface area contributed by atoms with Crippen molar-refractivity contribution in [2.45, 2.75) is 6.54 Å². The van der Waals surface area contributed by atoms with Crippen molar-refractivity contribution in [1.29, 1.82) is 0 Å². The Labute approximate surface area is 163 Å². The zero-order valence-corrected chi connectivity index (χ0v) is 15.4. The van der Waals surface area contributed by atoms with Gasteiger partial charge in [-0.05, 0) is 35.9 Å². The second-order valence-corrected chi connectivity index (χ2v) is 6.03. The molecule has 0 radical (unpaired) electrons. The third-order valence-electron chi connectivity index (χ3n) is 4.04. The summed E-state index contributed by atoms with van der Waals surface area (Å²) in [5.74, 6) is 0.368. The third-order valence-corrected chi connectivity index (χ3v) is 4.04. The number of hydrogen-bond donors (Lipinski definition) is 1. The number of nitrogens with zero attached hydrogens (tertiary/aromatic N) is 2. The number of benzene rings is 2. The molecule has 0 spiro atoms. The van der Waals surface area contributed by atoms with Crippen molar-refractivity contribution in [2.24, 2.45) is 5.10 Å². The van der Waals surface area contributed by atoms with Gasteiger partial charge in [0.1, 0.15) is 11.3 Å². The standard InChI is InChI=1S/C22H19N3O3/c1-28-20-11-9-17(10-12-20)14-23-24-22(27)19-8-5-13-25(15-19)16-21(26)18-6-3-2-4-7-18/h2-15H,16H2,1H3/p+1. The molecule has 28 heavy (non-hydrogen) atoms. The Kier molecular flexibility index (Phi) is 6.25. The maximum atomic E-state index is 12.3.